The summed E-state index contributed by atoms with van der Waals surface area (Å²) in [6, 6.07) is -0.591. The molecule has 2 atom stereocenters. The van der Waals surface area contributed by atoms with Crippen molar-refractivity contribution in [2.24, 2.45) is 0 Å². The predicted molar refractivity (Wildman–Crippen MR) is 48.9 cm³/mol. The molecule has 0 spiro atoms. The second-order valence-electron chi connectivity index (χ2n) is 3.46. The van der Waals surface area contributed by atoms with E-state index in [0.717, 1.165) is 11.2 Å². The molecule has 0 aromatic rings. The number of rotatable bonds is 2. The van der Waals surface area contributed by atoms with Crippen LogP contribution in [0.3, 0.4) is 0 Å². The molecule has 0 saturated carbocycles. The topological polar surface area (TPSA) is 94.9 Å². The van der Waals surface area contributed by atoms with Crippen LogP contribution in [-0.4, -0.2) is 60.3 Å². The average Bonchev–Trinajstić information content (AvgIpc) is 2.45. The Kier molecular flexibility index (Phi) is 3.01. The molecule has 1 rings (SSSR count). The van der Waals surface area contributed by atoms with E-state index in [2.05, 4.69) is 0 Å². The zero-order valence-corrected chi connectivity index (χ0v) is 8.57. The molecule has 1 aliphatic rings. The number of carbonyl (C=O) groups is 1. The van der Waals surface area contributed by atoms with Gasteiger partial charge in [-0.25, -0.2) is 13.2 Å². The van der Waals surface area contributed by atoms with Gasteiger partial charge in [0.05, 0.1) is 17.9 Å². The lowest BCUT2D eigenvalue weighted by Gasteiger charge is -2.18. The molecule has 1 amide bonds. The molecule has 0 radical (unpaired) electrons. The average molecular weight is 223 g/mol. The first-order valence-electron chi connectivity index (χ1n) is 4.15. The molecule has 0 bridgehead atoms. The number of hydrogen-bond donors (Lipinski definition) is 2. The number of amides is 1. The fourth-order valence-electron chi connectivity index (χ4n) is 1.59. The third kappa shape index (κ3) is 2.16. The zero-order valence-electron chi connectivity index (χ0n) is 7.75. The molecular weight excluding hydrogens is 210 g/mol. The van der Waals surface area contributed by atoms with Gasteiger partial charge in [-0.1, -0.05) is 0 Å². The molecule has 1 saturated heterocycles. The van der Waals surface area contributed by atoms with E-state index in [1.807, 2.05) is 0 Å². The summed E-state index contributed by atoms with van der Waals surface area (Å²) in [6.45, 7) is -0.377. The Morgan fingerprint density at radius 2 is 2.14 bits per heavy atom. The number of sulfone groups is 1. The Morgan fingerprint density at radius 3 is 2.43 bits per heavy atom. The summed E-state index contributed by atoms with van der Waals surface area (Å²) in [5.41, 5.74) is 0. The predicted octanol–water partition coefficient (Wildman–Crippen LogP) is -0.856. The Balaban J connectivity index is 2.80. The lowest BCUT2D eigenvalue weighted by molar-refractivity contribution is 0.118. The number of likely N-dealkylation sites (tertiary alicyclic amines) is 1. The van der Waals surface area contributed by atoms with Crippen LogP contribution in [-0.2, 0) is 9.84 Å². The normalized spacial score (nSPS) is 28.0. The summed E-state index contributed by atoms with van der Waals surface area (Å²) in [5, 5.41) is 16.9. The van der Waals surface area contributed by atoms with Crippen molar-refractivity contribution in [1.82, 2.24) is 4.90 Å². The van der Waals surface area contributed by atoms with Gasteiger partial charge in [0.1, 0.15) is 0 Å². The van der Waals surface area contributed by atoms with Gasteiger partial charge in [-0.05, 0) is 6.42 Å². The summed E-state index contributed by atoms with van der Waals surface area (Å²) in [7, 11) is -3.23. The summed E-state index contributed by atoms with van der Waals surface area (Å²) >= 11 is 0. The molecule has 0 unspecified atom stereocenters. The van der Waals surface area contributed by atoms with Gasteiger partial charge in [-0.2, -0.15) is 0 Å². The van der Waals surface area contributed by atoms with Crippen LogP contribution < -0.4 is 0 Å². The number of aliphatic hydroxyl groups excluding tert-OH is 1. The van der Waals surface area contributed by atoms with Crippen molar-refractivity contribution in [3.63, 3.8) is 0 Å². The maximum absolute atomic E-state index is 11.2. The van der Waals surface area contributed by atoms with Crippen molar-refractivity contribution in [2.45, 2.75) is 17.7 Å². The standard InChI is InChI=1S/C7H13NO5S/c1-14(12,13)6-2-5(4-9)8(3-6)7(10)11/h5-6,9H,2-4H2,1H3,(H,10,11)/t5-,6-/m0/s1. The van der Waals surface area contributed by atoms with E-state index in [1.165, 1.54) is 0 Å². The smallest absolute Gasteiger partial charge is 0.407 e. The molecule has 0 aromatic heterocycles. The van der Waals surface area contributed by atoms with Gasteiger partial charge in [0.25, 0.3) is 0 Å². The van der Waals surface area contributed by atoms with E-state index in [-0.39, 0.29) is 19.6 Å². The highest BCUT2D eigenvalue weighted by Crippen LogP contribution is 2.22. The van der Waals surface area contributed by atoms with Crippen molar-refractivity contribution >= 4 is 15.9 Å². The minimum absolute atomic E-state index is 0.0423. The van der Waals surface area contributed by atoms with Gasteiger partial charge >= 0.3 is 6.09 Å². The van der Waals surface area contributed by atoms with Crippen molar-refractivity contribution < 1.29 is 23.4 Å². The first-order valence-corrected chi connectivity index (χ1v) is 6.11. The van der Waals surface area contributed by atoms with E-state index in [0.29, 0.717) is 0 Å². The quantitative estimate of drug-likeness (QED) is 0.635. The Labute approximate surface area is 82.1 Å². The fraction of sp³-hybridized carbons (Fsp3) is 0.857. The lowest BCUT2D eigenvalue weighted by Crippen LogP contribution is -2.37. The summed E-state index contributed by atoms with van der Waals surface area (Å²) in [4.78, 5) is 11.6. The Bertz CT molecular complexity index is 325. The van der Waals surface area contributed by atoms with Crippen LogP contribution in [0.2, 0.25) is 0 Å². The van der Waals surface area contributed by atoms with E-state index < -0.39 is 27.2 Å². The Hall–Kier alpha value is -0.820. The Morgan fingerprint density at radius 1 is 1.57 bits per heavy atom. The molecule has 1 fully saturated rings. The van der Waals surface area contributed by atoms with Crippen molar-refractivity contribution in [3.8, 4) is 0 Å². The highest BCUT2D eigenvalue weighted by Gasteiger charge is 2.39. The van der Waals surface area contributed by atoms with Crippen LogP contribution in [0.1, 0.15) is 6.42 Å². The van der Waals surface area contributed by atoms with Gasteiger partial charge in [0.15, 0.2) is 9.84 Å². The largest absolute Gasteiger partial charge is 0.465 e. The van der Waals surface area contributed by atoms with Crippen LogP contribution in [0.5, 0.6) is 0 Å². The number of nitrogens with zero attached hydrogens (tertiary/aromatic N) is 1. The van der Waals surface area contributed by atoms with Gasteiger partial charge in [-0.15, -0.1) is 0 Å². The zero-order chi connectivity index (χ0) is 10.9. The molecule has 0 aliphatic carbocycles. The number of carboxylic acid groups (broad SMARTS) is 1. The molecule has 1 heterocycles. The summed E-state index contributed by atoms with van der Waals surface area (Å²) < 4.78 is 22.3. The highest BCUT2D eigenvalue weighted by molar-refractivity contribution is 7.91. The van der Waals surface area contributed by atoms with Crippen LogP contribution >= 0.6 is 0 Å². The van der Waals surface area contributed by atoms with E-state index in [1.54, 1.807) is 0 Å². The summed E-state index contributed by atoms with van der Waals surface area (Å²) in [6.07, 6.45) is 0.0780. The van der Waals surface area contributed by atoms with E-state index in [4.69, 9.17) is 10.2 Å². The minimum atomic E-state index is -3.23. The second kappa shape index (κ2) is 3.74. The molecule has 1 aliphatic heterocycles. The van der Waals surface area contributed by atoms with Gasteiger partial charge < -0.3 is 15.1 Å². The first kappa shape index (κ1) is 11.3. The van der Waals surface area contributed by atoms with Crippen LogP contribution in [0.4, 0.5) is 4.79 Å². The van der Waals surface area contributed by atoms with Gasteiger partial charge in [0, 0.05) is 12.8 Å². The molecule has 14 heavy (non-hydrogen) atoms. The van der Waals surface area contributed by atoms with Gasteiger partial charge in [0.2, 0.25) is 0 Å². The molecule has 0 aromatic carbocycles. The van der Waals surface area contributed by atoms with E-state index in [9.17, 15) is 13.2 Å². The van der Waals surface area contributed by atoms with E-state index >= 15 is 0 Å². The van der Waals surface area contributed by atoms with Crippen molar-refractivity contribution in [3.05, 3.63) is 0 Å². The number of aliphatic hydroxyl groups is 1. The van der Waals surface area contributed by atoms with Gasteiger partial charge in [-0.3, -0.25) is 0 Å². The minimum Gasteiger partial charge on any atom is -0.465 e. The van der Waals surface area contributed by atoms with Crippen molar-refractivity contribution in [1.29, 1.82) is 0 Å². The third-order valence-electron chi connectivity index (χ3n) is 2.44. The monoisotopic (exact) mass is 223 g/mol. The van der Waals surface area contributed by atoms with Crippen LogP contribution in [0, 0.1) is 0 Å². The third-order valence-corrected chi connectivity index (χ3v) is 3.99. The molecule has 7 heteroatoms. The first-order chi connectivity index (χ1) is 6.36. The van der Waals surface area contributed by atoms with Crippen LogP contribution in [0.25, 0.3) is 0 Å². The molecule has 82 valence electrons. The fourth-order valence-corrected chi connectivity index (χ4v) is 2.59. The molecule has 6 nitrogen and oxygen atoms in total. The SMILES string of the molecule is CS(=O)(=O)[C@H]1C[C@@H](CO)N(C(=O)O)C1. The molecule has 2 N–H and O–H groups in total. The van der Waals surface area contributed by atoms with Crippen molar-refractivity contribution in [2.75, 3.05) is 19.4 Å². The lowest BCUT2D eigenvalue weighted by atomic mass is 10.2. The maximum Gasteiger partial charge on any atom is 0.407 e. The second-order valence-corrected chi connectivity index (χ2v) is 5.78. The number of hydrogen-bond acceptors (Lipinski definition) is 4. The molecular formula is C7H13NO5S. The summed E-state index contributed by atoms with van der Waals surface area (Å²) in [5.74, 6) is 0. The maximum atomic E-state index is 11.2. The highest BCUT2D eigenvalue weighted by atomic mass is 32.2. The van der Waals surface area contributed by atoms with Crippen LogP contribution in [0.15, 0.2) is 0 Å².